The molecule has 2 aromatic rings. The van der Waals surface area contributed by atoms with Crippen molar-refractivity contribution in [3.05, 3.63) is 35.0 Å². The summed E-state index contributed by atoms with van der Waals surface area (Å²) in [6.07, 6.45) is 0.700. The van der Waals surface area contributed by atoms with Gasteiger partial charge >= 0.3 is 0 Å². The van der Waals surface area contributed by atoms with Crippen LogP contribution < -0.4 is 9.64 Å². The summed E-state index contributed by atoms with van der Waals surface area (Å²) < 4.78 is 16.2. The van der Waals surface area contributed by atoms with Gasteiger partial charge in [-0.1, -0.05) is 18.1 Å². The SMILES string of the molecule is CCc1noc(COCC(=O)N2CCOc3c(C)cc(C)cc32)n1. The molecule has 0 unspecified atom stereocenters. The van der Waals surface area contributed by atoms with Crippen LogP contribution in [0.25, 0.3) is 0 Å². The number of carbonyl (C=O) groups is 1. The van der Waals surface area contributed by atoms with E-state index in [9.17, 15) is 4.79 Å². The van der Waals surface area contributed by atoms with Crippen LogP contribution in [-0.4, -0.2) is 35.8 Å². The fourth-order valence-electron chi connectivity index (χ4n) is 2.73. The molecule has 0 aliphatic carbocycles. The first-order valence-electron chi connectivity index (χ1n) is 8.02. The Hall–Kier alpha value is -2.41. The number of fused-ring (bicyclic) bond motifs is 1. The predicted molar refractivity (Wildman–Crippen MR) is 87.1 cm³/mol. The molecule has 0 spiro atoms. The van der Waals surface area contributed by atoms with E-state index < -0.39 is 0 Å². The van der Waals surface area contributed by atoms with E-state index in [1.165, 1.54) is 0 Å². The van der Waals surface area contributed by atoms with Crippen molar-refractivity contribution >= 4 is 11.6 Å². The van der Waals surface area contributed by atoms with Gasteiger partial charge in [0.25, 0.3) is 11.8 Å². The van der Waals surface area contributed by atoms with Gasteiger partial charge in [-0.05, 0) is 31.0 Å². The van der Waals surface area contributed by atoms with Gasteiger partial charge in [-0.3, -0.25) is 4.79 Å². The summed E-state index contributed by atoms with van der Waals surface area (Å²) in [5.41, 5.74) is 2.92. The van der Waals surface area contributed by atoms with Crippen LogP contribution in [0.15, 0.2) is 16.7 Å². The number of aromatic nitrogens is 2. The standard InChI is InChI=1S/C17H21N3O4/c1-4-14-18-15(24-19-14)9-22-10-16(21)20-5-6-23-17-12(3)7-11(2)8-13(17)20/h7-8H,4-6,9-10H2,1-3H3. The second-order valence-electron chi connectivity index (χ2n) is 5.77. The number of hydrogen-bond donors (Lipinski definition) is 0. The van der Waals surface area contributed by atoms with E-state index in [1.807, 2.05) is 32.9 Å². The lowest BCUT2D eigenvalue weighted by atomic mass is 10.1. The second kappa shape index (κ2) is 7.00. The number of amides is 1. The molecule has 0 fully saturated rings. The lowest BCUT2D eigenvalue weighted by Gasteiger charge is -2.30. The lowest BCUT2D eigenvalue weighted by Crippen LogP contribution is -2.40. The van der Waals surface area contributed by atoms with Gasteiger partial charge in [0.2, 0.25) is 0 Å². The monoisotopic (exact) mass is 331 g/mol. The molecule has 1 aromatic carbocycles. The van der Waals surface area contributed by atoms with E-state index in [4.69, 9.17) is 14.0 Å². The zero-order valence-corrected chi connectivity index (χ0v) is 14.2. The average Bonchev–Trinajstić information content (AvgIpc) is 3.02. The maximum absolute atomic E-state index is 12.5. The minimum atomic E-state index is -0.111. The highest BCUT2D eigenvalue weighted by molar-refractivity contribution is 5.96. The van der Waals surface area contributed by atoms with Crippen LogP contribution in [0.3, 0.4) is 0 Å². The highest BCUT2D eigenvalue weighted by Gasteiger charge is 2.25. The number of anilines is 1. The number of hydrogen-bond acceptors (Lipinski definition) is 6. The number of carbonyl (C=O) groups excluding carboxylic acids is 1. The van der Waals surface area contributed by atoms with E-state index in [1.54, 1.807) is 4.90 Å². The highest BCUT2D eigenvalue weighted by atomic mass is 16.5. The minimum Gasteiger partial charge on any atom is -0.489 e. The summed E-state index contributed by atoms with van der Waals surface area (Å²) in [7, 11) is 0. The van der Waals surface area contributed by atoms with Crippen molar-refractivity contribution in [1.82, 2.24) is 10.1 Å². The zero-order valence-electron chi connectivity index (χ0n) is 14.2. The maximum Gasteiger partial charge on any atom is 0.253 e. The van der Waals surface area contributed by atoms with Crippen molar-refractivity contribution in [3.8, 4) is 5.75 Å². The Morgan fingerprint density at radius 2 is 2.21 bits per heavy atom. The molecule has 0 N–H and O–H groups in total. The van der Waals surface area contributed by atoms with Gasteiger partial charge < -0.3 is 18.9 Å². The number of rotatable bonds is 5. The molecular weight excluding hydrogens is 310 g/mol. The number of benzene rings is 1. The maximum atomic E-state index is 12.5. The van der Waals surface area contributed by atoms with E-state index in [-0.39, 0.29) is 19.1 Å². The van der Waals surface area contributed by atoms with Gasteiger partial charge in [0, 0.05) is 6.42 Å². The Kier molecular flexibility index (Phi) is 4.80. The summed E-state index contributed by atoms with van der Waals surface area (Å²) in [4.78, 5) is 18.4. The molecule has 3 rings (SSSR count). The van der Waals surface area contributed by atoms with Gasteiger partial charge in [0.05, 0.1) is 12.2 Å². The van der Waals surface area contributed by atoms with Crippen LogP contribution in [0.4, 0.5) is 5.69 Å². The van der Waals surface area contributed by atoms with Crippen molar-refractivity contribution < 1.29 is 18.8 Å². The summed E-state index contributed by atoms with van der Waals surface area (Å²) in [5, 5.41) is 3.79. The van der Waals surface area contributed by atoms with Crippen molar-refractivity contribution in [2.24, 2.45) is 0 Å². The molecule has 128 valence electrons. The third kappa shape index (κ3) is 3.41. The van der Waals surface area contributed by atoms with Crippen LogP contribution in [-0.2, 0) is 22.6 Å². The van der Waals surface area contributed by atoms with Crippen molar-refractivity contribution in [1.29, 1.82) is 0 Å². The predicted octanol–water partition coefficient (Wildman–Crippen LogP) is 2.19. The van der Waals surface area contributed by atoms with Crippen LogP contribution in [0.2, 0.25) is 0 Å². The smallest absolute Gasteiger partial charge is 0.253 e. The van der Waals surface area contributed by atoms with E-state index in [2.05, 4.69) is 10.1 Å². The van der Waals surface area contributed by atoms with E-state index in [0.717, 1.165) is 22.6 Å². The van der Waals surface area contributed by atoms with E-state index in [0.29, 0.717) is 31.3 Å². The van der Waals surface area contributed by atoms with Crippen molar-refractivity contribution in [2.75, 3.05) is 24.7 Å². The molecule has 0 saturated heterocycles. The lowest BCUT2D eigenvalue weighted by molar-refractivity contribution is -0.124. The topological polar surface area (TPSA) is 77.7 Å². The molecule has 7 nitrogen and oxygen atoms in total. The van der Waals surface area contributed by atoms with Crippen molar-refractivity contribution in [2.45, 2.75) is 33.8 Å². The molecular formula is C17H21N3O4. The average molecular weight is 331 g/mol. The van der Waals surface area contributed by atoms with Gasteiger partial charge in [0.1, 0.15) is 25.6 Å². The Morgan fingerprint density at radius 3 is 2.96 bits per heavy atom. The zero-order chi connectivity index (χ0) is 17.1. The highest BCUT2D eigenvalue weighted by Crippen LogP contribution is 2.35. The Labute approximate surface area is 140 Å². The van der Waals surface area contributed by atoms with Gasteiger partial charge in [-0.25, -0.2) is 0 Å². The fourth-order valence-corrected chi connectivity index (χ4v) is 2.73. The summed E-state index contributed by atoms with van der Waals surface area (Å²) in [5.74, 6) is 1.67. The first-order chi connectivity index (χ1) is 11.6. The molecule has 0 atom stereocenters. The summed E-state index contributed by atoms with van der Waals surface area (Å²) in [6, 6.07) is 4.01. The fraction of sp³-hybridized carbons (Fsp3) is 0.471. The van der Waals surface area contributed by atoms with Crippen LogP contribution >= 0.6 is 0 Å². The minimum absolute atomic E-state index is 0.0454. The first-order valence-corrected chi connectivity index (χ1v) is 8.02. The van der Waals surface area contributed by atoms with Crippen molar-refractivity contribution in [3.63, 3.8) is 0 Å². The molecule has 1 aliphatic rings. The Balaban J connectivity index is 1.64. The molecule has 0 radical (unpaired) electrons. The molecule has 1 amide bonds. The largest absolute Gasteiger partial charge is 0.489 e. The molecule has 7 heteroatoms. The van der Waals surface area contributed by atoms with Gasteiger partial charge in [-0.2, -0.15) is 4.98 Å². The third-order valence-electron chi connectivity index (χ3n) is 3.83. The summed E-state index contributed by atoms with van der Waals surface area (Å²) >= 11 is 0. The molecule has 1 aromatic heterocycles. The molecule has 24 heavy (non-hydrogen) atoms. The molecule has 0 saturated carbocycles. The number of ether oxygens (including phenoxy) is 2. The van der Waals surface area contributed by atoms with Gasteiger partial charge in [-0.15, -0.1) is 0 Å². The second-order valence-corrected chi connectivity index (χ2v) is 5.77. The summed E-state index contributed by atoms with van der Waals surface area (Å²) in [6.45, 7) is 7.00. The Morgan fingerprint density at radius 1 is 1.38 bits per heavy atom. The van der Waals surface area contributed by atoms with E-state index >= 15 is 0 Å². The molecule has 2 heterocycles. The van der Waals surface area contributed by atoms with Crippen LogP contribution in [0, 0.1) is 13.8 Å². The Bertz CT molecular complexity index is 741. The third-order valence-corrected chi connectivity index (χ3v) is 3.83. The quantitative estimate of drug-likeness (QED) is 0.836. The van der Waals surface area contributed by atoms with Gasteiger partial charge in [0.15, 0.2) is 5.82 Å². The van der Waals surface area contributed by atoms with Crippen LogP contribution in [0.5, 0.6) is 5.75 Å². The molecule has 0 bridgehead atoms. The number of nitrogens with zero attached hydrogens (tertiary/aromatic N) is 3. The normalized spacial score (nSPS) is 13.5. The molecule has 1 aliphatic heterocycles. The first kappa shape index (κ1) is 16.4. The number of aryl methyl sites for hydroxylation is 3. The van der Waals surface area contributed by atoms with Crippen LogP contribution in [0.1, 0.15) is 29.8 Å².